The van der Waals surface area contributed by atoms with E-state index in [4.69, 9.17) is 20.6 Å². The molecule has 0 saturated heterocycles. The van der Waals surface area contributed by atoms with Crippen molar-refractivity contribution in [2.24, 2.45) is 15.7 Å². The predicted octanol–water partition coefficient (Wildman–Crippen LogP) is 4.27. The molecule has 1 aliphatic carbocycles. The van der Waals surface area contributed by atoms with E-state index in [2.05, 4.69) is 25.6 Å². The molecular weight excluding hydrogens is 559 g/mol. The predicted molar refractivity (Wildman–Crippen MR) is 150 cm³/mol. The molecular formula is C27H26F3N7O3S. The fraction of sp³-hybridized carbons (Fsp3) is 0.296. The van der Waals surface area contributed by atoms with Gasteiger partial charge in [0.05, 0.1) is 18.0 Å². The molecule has 1 aliphatic heterocycles. The van der Waals surface area contributed by atoms with E-state index >= 15 is 0 Å². The zero-order valence-electron chi connectivity index (χ0n) is 21.8. The maximum Gasteiger partial charge on any atom is 0.400 e. The van der Waals surface area contributed by atoms with Crippen LogP contribution in [-0.4, -0.2) is 61.1 Å². The number of aromatic nitrogens is 1. The van der Waals surface area contributed by atoms with E-state index in [1.165, 1.54) is 7.11 Å². The second-order valence-corrected chi connectivity index (χ2v) is 10.3. The number of amides is 1. The Bertz CT molecular complexity index is 1520. The lowest BCUT2D eigenvalue weighted by Crippen LogP contribution is -2.30. The number of thiazole rings is 1. The van der Waals surface area contributed by atoms with Crippen molar-refractivity contribution in [2.45, 2.75) is 30.6 Å². The molecule has 1 aromatic heterocycles. The van der Waals surface area contributed by atoms with Gasteiger partial charge in [0.1, 0.15) is 15.4 Å². The molecule has 10 nitrogen and oxygen atoms in total. The lowest BCUT2D eigenvalue weighted by Gasteiger charge is -2.15. The van der Waals surface area contributed by atoms with Gasteiger partial charge in [0, 0.05) is 24.8 Å². The summed E-state index contributed by atoms with van der Waals surface area (Å²) in [7, 11) is 1.49. The van der Waals surface area contributed by atoms with Crippen LogP contribution in [0.2, 0.25) is 0 Å². The van der Waals surface area contributed by atoms with E-state index in [-0.39, 0.29) is 41.7 Å². The van der Waals surface area contributed by atoms with E-state index in [1.54, 1.807) is 12.1 Å². The number of carbonyl (C=O) groups is 1. The molecule has 0 radical (unpaired) electrons. The van der Waals surface area contributed by atoms with Crippen molar-refractivity contribution in [3.8, 4) is 0 Å². The normalized spacial score (nSPS) is 18.0. The number of carbonyl (C=O) groups excluding carboxylic acids is 1. The van der Waals surface area contributed by atoms with Crippen LogP contribution in [0.15, 0.2) is 64.6 Å². The van der Waals surface area contributed by atoms with Gasteiger partial charge in [-0.15, -0.1) is 0 Å². The molecule has 2 heterocycles. The van der Waals surface area contributed by atoms with Gasteiger partial charge in [0.2, 0.25) is 12.1 Å². The molecule has 3 aromatic rings. The van der Waals surface area contributed by atoms with E-state index < -0.39 is 35.6 Å². The van der Waals surface area contributed by atoms with Gasteiger partial charge in [-0.2, -0.15) is 18.2 Å². The minimum Gasteiger partial charge on any atom is -0.405 e. The van der Waals surface area contributed by atoms with Crippen LogP contribution in [0.3, 0.4) is 0 Å². The van der Waals surface area contributed by atoms with Gasteiger partial charge in [-0.25, -0.2) is 9.98 Å². The van der Waals surface area contributed by atoms with Gasteiger partial charge in [-0.1, -0.05) is 59.9 Å². The largest absolute Gasteiger partial charge is 0.405 e. The summed E-state index contributed by atoms with van der Waals surface area (Å²) >= 11 is 0.806. The lowest BCUT2D eigenvalue weighted by molar-refractivity contribution is -0.160. The van der Waals surface area contributed by atoms with Crippen molar-refractivity contribution >= 4 is 45.6 Å². The molecule has 0 bridgehead atoms. The van der Waals surface area contributed by atoms with E-state index in [9.17, 15) is 18.0 Å². The van der Waals surface area contributed by atoms with Crippen LogP contribution < -0.4 is 16.4 Å². The summed E-state index contributed by atoms with van der Waals surface area (Å²) < 4.78 is 51.7. The average molecular weight is 586 g/mol. The number of nitrogens with zero attached hydrogens (tertiary/aromatic N) is 3. The summed E-state index contributed by atoms with van der Waals surface area (Å²) in [6.45, 7) is 0.538. The number of para-hydroxylation sites is 1. The highest BCUT2D eigenvalue weighted by molar-refractivity contribution is 7.16. The van der Waals surface area contributed by atoms with E-state index in [0.717, 1.165) is 16.9 Å². The van der Waals surface area contributed by atoms with Crippen molar-refractivity contribution in [3.63, 3.8) is 0 Å². The van der Waals surface area contributed by atoms with E-state index in [0.29, 0.717) is 17.0 Å². The Morgan fingerprint density at radius 1 is 1.22 bits per heavy atom. The highest BCUT2D eigenvalue weighted by Gasteiger charge is 2.66. The number of nitrogens with one attached hydrogen (secondary N) is 3. The number of nitrogens with two attached hydrogens (primary N) is 1. The summed E-state index contributed by atoms with van der Waals surface area (Å²) in [6.07, 6.45) is -6.01. The first-order chi connectivity index (χ1) is 19.6. The smallest absolute Gasteiger partial charge is 0.400 e. The number of benzene rings is 2. The molecule has 1 amide bonds. The number of halogens is 3. The van der Waals surface area contributed by atoms with Gasteiger partial charge in [0.15, 0.2) is 5.69 Å². The summed E-state index contributed by atoms with van der Waals surface area (Å²) in [5, 5.41) is 14.2. The number of anilines is 2. The number of alkyl halides is 3. The number of fused-ring (bicyclic) bond motifs is 1. The molecule has 1 fully saturated rings. The topological polar surface area (TPSA) is 147 Å². The fourth-order valence-electron chi connectivity index (χ4n) is 4.27. The van der Waals surface area contributed by atoms with Crippen molar-refractivity contribution in [1.29, 1.82) is 5.41 Å². The van der Waals surface area contributed by atoms with Crippen molar-refractivity contribution in [2.75, 3.05) is 30.9 Å². The van der Waals surface area contributed by atoms with Gasteiger partial charge in [-0.05, 0) is 18.9 Å². The Hall–Kier alpha value is -4.30. The zero-order valence-corrected chi connectivity index (χ0v) is 22.6. The first kappa shape index (κ1) is 28.2. The molecule has 1 saturated carbocycles. The lowest BCUT2D eigenvalue weighted by atomic mass is 10.0. The van der Waals surface area contributed by atoms with Gasteiger partial charge >= 0.3 is 6.18 Å². The number of benzodiazepines with no additional fused rings is 1. The van der Waals surface area contributed by atoms with Crippen LogP contribution in [0.5, 0.6) is 0 Å². The molecule has 5 rings (SSSR count). The second kappa shape index (κ2) is 11.3. The number of hydrogen-bond donors (Lipinski definition) is 4. The first-order valence-corrected chi connectivity index (χ1v) is 13.4. The zero-order chi connectivity index (χ0) is 29.2. The van der Waals surface area contributed by atoms with Crippen LogP contribution in [0.25, 0.3) is 0 Å². The number of amidine groups is 1. The average Bonchev–Trinajstić information content (AvgIpc) is 3.68. The number of methoxy groups -OCH3 is 1. The molecule has 14 heteroatoms. The summed E-state index contributed by atoms with van der Waals surface area (Å²) in [5.74, 6) is -1.21. The monoisotopic (exact) mass is 585 g/mol. The van der Waals surface area contributed by atoms with Crippen LogP contribution in [-0.2, 0) is 19.7 Å². The second-order valence-electron chi connectivity index (χ2n) is 9.35. The molecule has 2 aromatic carbocycles. The minimum atomic E-state index is -4.48. The molecule has 0 unspecified atom stereocenters. The van der Waals surface area contributed by atoms with Gasteiger partial charge < -0.3 is 25.8 Å². The number of ether oxygens (including phenoxy) is 2. The fourth-order valence-corrected chi connectivity index (χ4v) is 5.52. The maximum atomic E-state index is 13.8. The number of rotatable bonds is 8. The number of aliphatic imine (C=N–C) groups is 2. The van der Waals surface area contributed by atoms with Gasteiger partial charge in [0.25, 0.3) is 11.9 Å². The standard InChI is InChI=1S/C27H26F3N7O3S/c1-39-14-13-33-23-19(36-24(41-23)26(11-12-26)27(28,29)30)20(31)40-25(32)37-21-22(38)34-17-10-6-5-9-16(17)18(35-21)15-7-3-2-4-8-15/h2-10,21,31,33H,11-14H2,1H3,(H2,32,37)(H,34,38)/t21-/m1/s1. The van der Waals surface area contributed by atoms with Crippen LogP contribution in [0, 0.1) is 5.41 Å². The third kappa shape index (κ3) is 5.79. The molecule has 0 spiro atoms. The Labute approximate surface area is 237 Å². The Morgan fingerprint density at radius 3 is 2.61 bits per heavy atom. The van der Waals surface area contributed by atoms with Crippen molar-refractivity contribution < 1.29 is 27.4 Å². The highest BCUT2D eigenvalue weighted by atomic mass is 32.1. The highest BCUT2D eigenvalue weighted by Crippen LogP contribution is 2.60. The SMILES string of the molecule is COCCNc1sc(C2(C(F)(F)F)CC2)nc1C(=N)O/C(N)=N/[C@H]1N=C(c2ccccc2)c2ccccc2NC1=O. The Kier molecular flexibility index (Phi) is 7.78. The molecule has 2 aliphatic rings. The minimum absolute atomic E-state index is 0.0836. The van der Waals surface area contributed by atoms with Crippen LogP contribution in [0.1, 0.15) is 34.7 Å². The molecule has 41 heavy (non-hydrogen) atoms. The van der Waals surface area contributed by atoms with E-state index in [1.807, 2.05) is 42.5 Å². The van der Waals surface area contributed by atoms with Gasteiger partial charge in [-0.3, -0.25) is 10.2 Å². The molecule has 214 valence electrons. The van der Waals surface area contributed by atoms with Crippen molar-refractivity contribution in [1.82, 2.24) is 4.98 Å². The molecule has 5 N–H and O–H groups in total. The number of hydrogen-bond acceptors (Lipinski definition) is 9. The maximum absolute atomic E-state index is 13.8. The third-order valence-corrected chi connectivity index (χ3v) is 7.78. The summed E-state index contributed by atoms with van der Waals surface area (Å²) in [5.41, 5.74) is 6.24. The Balaban J connectivity index is 1.43. The summed E-state index contributed by atoms with van der Waals surface area (Å²) in [6, 6.07) is 15.8. The molecule has 1 atom stereocenters. The first-order valence-electron chi connectivity index (χ1n) is 12.6. The third-order valence-electron chi connectivity index (χ3n) is 6.57. The van der Waals surface area contributed by atoms with Crippen LogP contribution >= 0.6 is 11.3 Å². The van der Waals surface area contributed by atoms with Crippen LogP contribution in [0.4, 0.5) is 23.9 Å². The quantitative estimate of drug-likeness (QED) is 0.176. The summed E-state index contributed by atoms with van der Waals surface area (Å²) in [4.78, 5) is 25.8. The Morgan fingerprint density at radius 2 is 1.93 bits per heavy atom. The van der Waals surface area contributed by atoms with Crippen molar-refractivity contribution in [3.05, 3.63) is 76.4 Å².